The number of sulfonamides is 1. The largest absolute Gasteiger partial charge is 0.495 e. The molecule has 162 valence electrons. The van der Waals surface area contributed by atoms with Crippen LogP contribution in [0, 0.1) is 5.92 Å². The SMILES string of the molecule is COc1ccccc1N1CCN(S(=O)(=O)CC(Cc2ccccc2)C(=O)NO)CC1. The lowest BCUT2D eigenvalue weighted by atomic mass is 10.0. The van der Waals surface area contributed by atoms with Gasteiger partial charge >= 0.3 is 0 Å². The standard InChI is InChI=1S/C21H27N3O5S/c1-29-20-10-6-5-9-19(20)23-11-13-24(14-12-23)30(27,28)16-18(21(25)22-26)15-17-7-3-2-4-8-17/h2-10,18,26H,11-16H2,1H3,(H,22,25). The Hall–Kier alpha value is -2.62. The molecule has 0 bridgehead atoms. The van der Waals surface area contributed by atoms with Gasteiger partial charge < -0.3 is 9.64 Å². The van der Waals surface area contributed by atoms with Crippen LogP contribution in [0.2, 0.25) is 0 Å². The van der Waals surface area contributed by atoms with E-state index in [9.17, 15) is 13.2 Å². The number of hydrogen-bond acceptors (Lipinski definition) is 6. The van der Waals surface area contributed by atoms with Crippen molar-refractivity contribution in [3.05, 3.63) is 60.2 Å². The molecule has 1 unspecified atom stereocenters. The Morgan fingerprint density at radius 2 is 1.70 bits per heavy atom. The van der Waals surface area contributed by atoms with Crippen LogP contribution < -0.4 is 15.1 Å². The molecule has 3 rings (SSSR count). The summed E-state index contributed by atoms with van der Waals surface area (Å²) < 4.78 is 32.8. The number of hydrogen-bond donors (Lipinski definition) is 2. The molecular formula is C21H27N3O5S. The first-order valence-electron chi connectivity index (χ1n) is 9.78. The van der Waals surface area contributed by atoms with Gasteiger partial charge in [-0.1, -0.05) is 42.5 Å². The first kappa shape index (κ1) is 22.1. The first-order valence-corrected chi connectivity index (χ1v) is 11.4. The normalized spacial score (nSPS) is 16.1. The van der Waals surface area contributed by atoms with Crippen LogP contribution in [-0.4, -0.2) is 62.9 Å². The summed E-state index contributed by atoms with van der Waals surface area (Å²) in [6, 6.07) is 16.8. The fraction of sp³-hybridized carbons (Fsp3) is 0.381. The van der Waals surface area contributed by atoms with Crippen LogP contribution >= 0.6 is 0 Å². The number of piperazine rings is 1. The van der Waals surface area contributed by atoms with Gasteiger partial charge in [0.25, 0.3) is 0 Å². The highest BCUT2D eigenvalue weighted by Crippen LogP contribution is 2.29. The Morgan fingerprint density at radius 1 is 1.07 bits per heavy atom. The maximum absolute atomic E-state index is 13.0. The molecule has 0 aliphatic carbocycles. The highest BCUT2D eigenvalue weighted by molar-refractivity contribution is 7.89. The zero-order valence-electron chi connectivity index (χ0n) is 16.9. The van der Waals surface area contributed by atoms with Gasteiger partial charge in [0.05, 0.1) is 24.5 Å². The van der Waals surface area contributed by atoms with E-state index in [-0.39, 0.29) is 12.2 Å². The minimum atomic E-state index is -3.68. The highest BCUT2D eigenvalue weighted by Gasteiger charge is 2.32. The maximum atomic E-state index is 13.0. The predicted molar refractivity (Wildman–Crippen MR) is 114 cm³/mol. The molecule has 2 aromatic carbocycles. The second-order valence-corrected chi connectivity index (χ2v) is 9.21. The Labute approximate surface area is 177 Å². The Balaban J connectivity index is 1.67. The van der Waals surface area contributed by atoms with E-state index in [1.54, 1.807) is 12.6 Å². The number of nitrogens with one attached hydrogen (secondary N) is 1. The molecule has 1 saturated heterocycles. The number of hydroxylamine groups is 1. The van der Waals surface area contributed by atoms with Crippen LogP contribution in [-0.2, 0) is 21.2 Å². The molecule has 2 N–H and O–H groups in total. The molecule has 0 saturated carbocycles. The summed E-state index contributed by atoms with van der Waals surface area (Å²) >= 11 is 0. The molecule has 1 atom stereocenters. The van der Waals surface area contributed by atoms with Gasteiger partial charge in [0.2, 0.25) is 15.9 Å². The number of benzene rings is 2. The van der Waals surface area contributed by atoms with Crippen molar-refractivity contribution in [3.63, 3.8) is 0 Å². The van der Waals surface area contributed by atoms with Crippen molar-refractivity contribution < 1.29 is 23.2 Å². The summed E-state index contributed by atoms with van der Waals surface area (Å²) in [7, 11) is -2.07. The number of carbonyl (C=O) groups is 1. The minimum absolute atomic E-state index is 0.230. The number of nitrogens with zero attached hydrogens (tertiary/aromatic N) is 2. The van der Waals surface area contributed by atoms with E-state index in [2.05, 4.69) is 4.90 Å². The molecule has 0 spiro atoms. The predicted octanol–water partition coefficient (Wildman–Crippen LogP) is 1.51. The monoisotopic (exact) mass is 433 g/mol. The molecule has 8 nitrogen and oxygen atoms in total. The van der Waals surface area contributed by atoms with Crippen LogP contribution in [0.3, 0.4) is 0 Å². The summed E-state index contributed by atoms with van der Waals surface area (Å²) in [5.74, 6) is -1.19. The van der Waals surface area contributed by atoms with Gasteiger partial charge in [0.15, 0.2) is 0 Å². The molecule has 1 fully saturated rings. The molecule has 30 heavy (non-hydrogen) atoms. The second kappa shape index (κ2) is 9.92. The maximum Gasteiger partial charge on any atom is 0.247 e. The van der Waals surface area contributed by atoms with Gasteiger partial charge in [-0.05, 0) is 24.1 Å². The Kier molecular flexibility index (Phi) is 7.30. The van der Waals surface area contributed by atoms with Gasteiger partial charge in [0, 0.05) is 26.2 Å². The van der Waals surface area contributed by atoms with Crippen molar-refractivity contribution in [1.82, 2.24) is 9.79 Å². The summed E-state index contributed by atoms with van der Waals surface area (Å²) in [4.78, 5) is 14.2. The third-order valence-electron chi connectivity index (χ3n) is 5.28. The third-order valence-corrected chi connectivity index (χ3v) is 7.25. The number of methoxy groups -OCH3 is 1. The van der Waals surface area contributed by atoms with E-state index >= 15 is 0 Å². The van der Waals surface area contributed by atoms with Gasteiger partial charge in [-0.3, -0.25) is 10.0 Å². The van der Waals surface area contributed by atoms with Crippen molar-refractivity contribution in [1.29, 1.82) is 0 Å². The number of para-hydroxylation sites is 2. The molecule has 1 heterocycles. The van der Waals surface area contributed by atoms with Crippen molar-refractivity contribution in [3.8, 4) is 5.75 Å². The van der Waals surface area contributed by atoms with E-state index in [1.165, 1.54) is 4.31 Å². The molecule has 2 aromatic rings. The molecule has 1 aliphatic heterocycles. The smallest absolute Gasteiger partial charge is 0.247 e. The average Bonchev–Trinajstić information content (AvgIpc) is 2.78. The van der Waals surface area contributed by atoms with E-state index in [1.807, 2.05) is 54.6 Å². The number of anilines is 1. The van der Waals surface area contributed by atoms with Crippen molar-refractivity contribution in [2.24, 2.45) is 5.92 Å². The lowest BCUT2D eigenvalue weighted by Gasteiger charge is -2.36. The third kappa shape index (κ3) is 5.29. The lowest BCUT2D eigenvalue weighted by Crippen LogP contribution is -2.50. The Bertz CT molecular complexity index is 944. The van der Waals surface area contributed by atoms with E-state index in [0.29, 0.717) is 26.2 Å². The van der Waals surface area contributed by atoms with Crippen molar-refractivity contribution >= 4 is 21.6 Å². The zero-order valence-corrected chi connectivity index (χ0v) is 17.7. The van der Waals surface area contributed by atoms with Crippen LogP contribution in [0.5, 0.6) is 5.75 Å². The van der Waals surface area contributed by atoms with Crippen LogP contribution in [0.15, 0.2) is 54.6 Å². The van der Waals surface area contributed by atoms with Gasteiger partial charge in [0.1, 0.15) is 5.75 Å². The van der Waals surface area contributed by atoms with Crippen LogP contribution in [0.4, 0.5) is 5.69 Å². The van der Waals surface area contributed by atoms with Crippen LogP contribution in [0.25, 0.3) is 0 Å². The first-order chi connectivity index (χ1) is 14.4. The van der Waals surface area contributed by atoms with Crippen LogP contribution in [0.1, 0.15) is 5.56 Å². The van der Waals surface area contributed by atoms with Crippen molar-refractivity contribution in [2.75, 3.05) is 43.9 Å². The van der Waals surface area contributed by atoms with E-state index in [4.69, 9.17) is 9.94 Å². The van der Waals surface area contributed by atoms with Crippen molar-refractivity contribution in [2.45, 2.75) is 6.42 Å². The average molecular weight is 434 g/mol. The molecule has 0 radical (unpaired) electrons. The van der Waals surface area contributed by atoms with Gasteiger partial charge in [-0.15, -0.1) is 0 Å². The van der Waals surface area contributed by atoms with Gasteiger partial charge in [-0.2, -0.15) is 4.31 Å². The number of amides is 1. The number of rotatable bonds is 8. The van der Waals surface area contributed by atoms with Gasteiger partial charge in [-0.25, -0.2) is 13.9 Å². The molecule has 1 aliphatic rings. The number of carbonyl (C=O) groups excluding carboxylic acids is 1. The minimum Gasteiger partial charge on any atom is -0.495 e. The highest BCUT2D eigenvalue weighted by atomic mass is 32.2. The fourth-order valence-electron chi connectivity index (χ4n) is 3.68. The molecular weight excluding hydrogens is 406 g/mol. The topological polar surface area (TPSA) is 99.2 Å². The van der Waals surface area contributed by atoms with E-state index in [0.717, 1.165) is 17.0 Å². The quantitative estimate of drug-likeness (QED) is 0.484. The molecule has 9 heteroatoms. The summed E-state index contributed by atoms with van der Waals surface area (Å²) in [5.41, 5.74) is 3.37. The lowest BCUT2D eigenvalue weighted by molar-refractivity contribution is -0.132. The molecule has 1 amide bonds. The van der Waals surface area contributed by atoms with E-state index < -0.39 is 21.8 Å². The fourth-order valence-corrected chi connectivity index (χ4v) is 5.38. The number of ether oxygens (including phenoxy) is 1. The molecule has 0 aromatic heterocycles. The summed E-state index contributed by atoms with van der Waals surface area (Å²) in [5, 5.41) is 9.07. The zero-order chi connectivity index (χ0) is 21.6. The summed E-state index contributed by atoms with van der Waals surface area (Å²) in [6.45, 7) is 1.68. The summed E-state index contributed by atoms with van der Waals surface area (Å²) in [6.07, 6.45) is 0.230. The Morgan fingerprint density at radius 3 is 2.33 bits per heavy atom. The second-order valence-electron chi connectivity index (χ2n) is 7.20.